The van der Waals surface area contributed by atoms with Gasteiger partial charge in [-0.3, -0.25) is 0 Å². The van der Waals surface area contributed by atoms with Crippen LogP contribution in [0.1, 0.15) is 0 Å². The van der Waals surface area contributed by atoms with Crippen molar-refractivity contribution in [2.75, 3.05) is 0 Å². The van der Waals surface area contributed by atoms with Crippen LogP contribution in [0.15, 0.2) is 0 Å². The van der Waals surface area contributed by atoms with E-state index in [0.717, 1.165) is 0 Å². The van der Waals surface area contributed by atoms with Gasteiger partial charge in [-0.15, -0.1) is 0 Å². The summed E-state index contributed by atoms with van der Waals surface area (Å²) in [5.74, 6) is -86.8. The molecular weight excluding hydrogens is 1050 g/mol. The van der Waals surface area contributed by atoms with E-state index in [1.54, 1.807) is 0 Å². The van der Waals surface area contributed by atoms with Crippen LogP contribution in [0.2, 0.25) is 0 Å². The van der Waals surface area contributed by atoms with Gasteiger partial charge < -0.3 is 0 Å². The van der Waals surface area contributed by atoms with Crippen molar-refractivity contribution in [3.8, 4) is 0 Å². The molecule has 0 aromatic heterocycles. The van der Waals surface area contributed by atoms with Crippen molar-refractivity contribution < 1.29 is 119 Å². The second-order valence-electron chi connectivity index (χ2n) is 15.4. The summed E-state index contributed by atoms with van der Waals surface area (Å²) in [7, 11) is 0. The van der Waals surface area contributed by atoms with E-state index < -0.39 is 256 Å². The van der Waals surface area contributed by atoms with Gasteiger partial charge in [-0.1, -0.05) is 0 Å². The highest BCUT2D eigenvalue weighted by Gasteiger charge is 2.46. The highest BCUT2D eigenvalue weighted by atomic mass is 19.2. The zero-order chi connectivity index (χ0) is 53.0. The molecule has 0 fully saturated rings. The zero-order valence-electron chi connectivity index (χ0n) is 32.8. The maximum Gasteiger partial charge on any atom is 0.255 e. The van der Waals surface area contributed by atoms with Crippen molar-refractivity contribution in [2.45, 2.75) is 0 Å². The molecule has 0 atom stereocenters. The average molecular weight is 1050 g/mol. The summed E-state index contributed by atoms with van der Waals surface area (Å²) in [6, 6.07) is 0. The molecular formula is C44BF27. The molecule has 0 spiro atoms. The Balaban J connectivity index is 1.62. The summed E-state index contributed by atoms with van der Waals surface area (Å²) in [5.41, 5.74) is -9.22. The van der Waals surface area contributed by atoms with E-state index in [0.29, 0.717) is 0 Å². The second-order valence-corrected chi connectivity index (χ2v) is 15.4. The highest BCUT2D eigenvalue weighted by molar-refractivity contribution is 6.99. The first-order valence-electron chi connectivity index (χ1n) is 18.7. The molecule has 0 saturated carbocycles. The van der Waals surface area contributed by atoms with Crippen molar-refractivity contribution in [1.29, 1.82) is 0 Å². The third kappa shape index (κ3) is 5.43. The Morgan fingerprint density at radius 1 is 0.111 bits per heavy atom. The number of hydrogen-bond acceptors (Lipinski definition) is 0. The molecule has 0 aliphatic heterocycles. The fraction of sp³-hybridized carbons (Fsp3) is 0. The summed E-state index contributed by atoms with van der Waals surface area (Å²) in [4.78, 5) is 0. The van der Waals surface area contributed by atoms with Crippen LogP contribution >= 0.6 is 0 Å². The van der Waals surface area contributed by atoms with E-state index in [1.807, 2.05) is 0 Å². The summed E-state index contributed by atoms with van der Waals surface area (Å²) in [6.07, 6.45) is 0. The third-order valence-electron chi connectivity index (χ3n) is 12.1. The summed E-state index contributed by atoms with van der Waals surface area (Å²) < 4.78 is 428. The van der Waals surface area contributed by atoms with Gasteiger partial charge >= 0.3 is 0 Å². The lowest BCUT2D eigenvalue weighted by Crippen LogP contribution is -2.58. The van der Waals surface area contributed by atoms with Crippen molar-refractivity contribution in [2.24, 2.45) is 0 Å². The number of rotatable bonds is 3. The van der Waals surface area contributed by atoms with Crippen LogP contribution in [0, 0.1) is 157 Å². The van der Waals surface area contributed by atoms with Gasteiger partial charge in [0.05, 0.1) is 48.5 Å². The van der Waals surface area contributed by atoms with Crippen LogP contribution in [0.3, 0.4) is 0 Å². The molecule has 0 saturated heterocycles. The normalized spacial score (nSPS) is 12.4. The molecule has 10 aromatic carbocycles. The van der Waals surface area contributed by atoms with Crippen LogP contribution in [-0.4, -0.2) is 6.71 Å². The van der Waals surface area contributed by atoms with Crippen LogP contribution in [-0.2, 0) is 0 Å². The Kier molecular flexibility index (Phi) is 10.2. The molecule has 0 N–H and O–H groups in total. The maximum absolute atomic E-state index is 17.3. The van der Waals surface area contributed by atoms with Gasteiger partial charge in [-0.05, 0) is 16.4 Å². The maximum atomic E-state index is 17.3. The second kappa shape index (κ2) is 15.2. The van der Waals surface area contributed by atoms with E-state index in [1.165, 1.54) is 0 Å². The van der Waals surface area contributed by atoms with Gasteiger partial charge in [-0.2, -0.15) is 0 Å². The minimum Gasteiger partial charge on any atom is -0.206 e. The number of fused-ring (bicyclic) bond motifs is 4. The molecule has 0 unspecified atom stereocenters. The van der Waals surface area contributed by atoms with Gasteiger partial charge in [0.1, 0.15) is 23.3 Å². The Labute approximate surface area is 374 Å². The first-order valence-corrected chi connectivity index (χ1v) is 18.7. The molecule has 0 bridgehead atoms. The molecule has 10 rings (SSSR count). The first-order chi connectivity index (χ1) is 33.6. The Hall–Kier alpha value is -7.55. The largest absolute Gasteiger partial charge is 0.255 e. The Morgan fingerprint density at radius 2 is 0.236 bits per heavy atom. The van der Waals surface area contributed by atoms with E-state index in [2.05, 4.69) is 0 Å². The minimum absolute atomic E-state index is 2.21. The third-order valence-corrected chi connectivity index (χ3v) is 12.1. The standard InChI is InChI=1S/C44BF27/c46-18-4-9(20(48)13-11(18)31(59)41(69)43(71)33(13)61)29(57)39(67)36(64)16(4)45(17-5-10(30(58)40(68)37(17)65)21(49)14-12(19(5)47)32(60)42(70)44(72)34(14)62)15-3-1-2-7(23(51)22(3)50)27(55)38(66)28(56)8(2)25(53)24(52)6(1)26(54)35(15)63. The smallest absolute Gasteiger partial charge is 0.206 e. The summed E-state index contributed by atoms with van der Waals surface area (Å²) in [5, 5.41) is -37.0. The van der Waals surface area contributed by atoms with E-state index in [4.69, 9.17) is 0 Å². The number of benzene rings is 10. The Bertz CT molecular complexity index is 4100. The molecule has 0 aliphatic carbocycles. The monoisotopic (exact) mass is 1050 g/mol. The van der Waals surface area contributed by atoms with Gasteiger partial charge in [0.15, 0.2) is 134 Å². The fourth-order valence-corrected chi connectivity index (χ4v) is 9.21. The predicted octanol–water partition coefficient (Wildman–Crippen LogP) is 13.5. The molecule has 0 amide bonds. The lowest BCUT2D eigenvalue weighted by atomic mass is 9.34. The Morgan fingerprint density at radius 3 is 0.514 bits per heavy atom. The van der Waals surface area contributed by atoms with Crippen LogP contribution < -0.4 is 16.4 Å². The molecule has 0 aliphatic rings. The lowest BCUT2D eigenvalue weighted by Gasteiger charge is -2.26. The summed E-state index contributed by atoms with van der Waals surface area (Å²) in [6.45, 7) is -4.73. The quantitative estimate of drug-likeness (QED) is 0.0413. The fourth-order valence-electron chi connectivity index (χ4n) is 9.21. The molecule has 10 aromatic rings. The lowest BCUT2D eigenvalue weighted by molar-refractivity contribution is 0.414. The van der Waals surface area contributed by atoms with Gasteiger partial charge in [0.25, 0.3) is 6.71 Å². The number of hydrogen-bond donors (Lipinski definition) is 0. The van der Waals surface area contributed by atoms with Crippen molar-refractivity contribution in [1.82, 2.24) is 0 Å². The number of halogens is 27. The molecule has 28 heteroatoms. The van der Waals surface area contributed by atoms with Gasteiger partial charge in [0, 0.05) is 26.9 Å². The molecule has 0 nitrogen and oxygen atoms in total. The van der Waals surface area contributed by atoms with Crippen molar-refractivity contribution >= 4 is 98.5 Å². The highest BCUT2D eigenvalue weighted by Crippen LogP contribution is 2.46. The van der Waals surface area contributed by atoms with Gasteiger partial charge in [-0.25, -0.2) is 119 Å². The van der Waals surface area contributed by atoms with Crippen molar-refractivity contribution in [3.05, 3.63) is 157 Å². The first kappa shape index (κ1) is 48.1. The van der Waals surface area contributed by atoms with Gasteiger partial charge in [0.2, 0.25) is 0 Å². The van der Waals surface area contributed by atoms with Crippen LogP contribution in [0.25, 0.3) is 75.4 Å². The van der Waals surface area contributed by atoms with E-state index in [9.17, 15) is 22.0 Å². The summed E-state index contributed by atoms with van der Waals surface area (Å²) >= 11 is 0. The predicted molar refractivity (Wildman–Crippen MR) is 197 cm³/mol. The van der Waals surface area contributed by atoms with E-state index >= 15 is 96.6 Å². The van der Waals surface area contributed by atoms with Crippen LogP contribution in [0.4, 0.5) is 119 Å². The topological polar surface area (TPSA) is 0 Å². The average Bonchev–Trinajstić information content (AvgIpc) is 3.33. The zero-order valence-corrected chi connectivity index (χ0v) is 32.8. The molecule has 368 valence electrons. The molecule has 72 heavy (non-hydrogen) atoms. The SMILES string of the molecule is Fc1c(F)c(F)c2c(F)c3c(B(c4c(F)c(F)c(F)c5c(F)c6c(F)c(F)c(F)c(F)c6c(F)c45)c4c(F)c(F)c5c(F)c(F)c6c(F)c(F)c(F)c7c(F)c(F)c4c5c67)c(F)c(F)c(F)c3c(F)c2c1F. The van der Waals surface area contributed by atoms with Crippen LogP contribution in [0.5, 0.6) is 0 Å². The molecule has 0 heterocycles. The molecule has 0 radical (unpaired) electrons. The van der Waals surface area contributed by atoms with Crippen molar-refractivity contribution in [3.63, 3.8) is 0 Å². The van der Waals surface area contributed by atoms with E-state index in [-0.39, 0.29) is 0 Å². The minimum atomic E-state index is -4.73.